The van der Waals surface area contributed by atoms with Crippen molar-refractivity contribution in [2.75, 3.05) is 6.79 Å². The summed E-state index contributed by atoms with van der Waals surface area (Å²) in [7, 11) is 1.56. The van der Waals surface area contributed by atoms with Crippen LogP contribution in [0.1, 0.15) is 20.8 Å². The van der Waals surface area contributed by atoms with E-state index in [0.717, 1.165) is 0 Å². The highest BCUT2D eigenvalue weighted by atomic mass is 32.1. The molecular formula is C10H15N3O4S. The summed E-state index contributed by atoms with van der Waals surface area (Å²) in [6.45, 7) is 4.77. The van der Waals surface area contributed by atoms with Gasteiger partial charge >= 0.3 is 17.4 Å². The molecule has 0 aliphatic carbocycles. The van der Waals surface area contributed by atoms with Crippen LogP contribution in [0.5, 0.6) is 5.88 Å². The number of carbonyl (C=O) groups excluding carboxylic acids is 1. The minimum atomic E-state index is -0.627. The summed E-state index contributed by atoms with van der Waals surface area (Å²) in [4.78, 5) is 25.2. The zero-order chi connectivity index (χ0) is 13.9. The summed E-state index contributed by atoms with van der Waals surface area (Å²) in [5.41, 5.74) is -1.19. The van der Waals surface area contributed by atoms with Crippen LogP contribution in [0.2, 0.25) is 0 Å². The lowest BCUT2D eigenvalue weighted by Crippen LogP contribution is -2.26. The molecule has 0 atom stereocenters. The largest absolute Gasteiger partial charge is 0.435 e. The van der Waals surface area contributed by atoms with Crippen LogP contribution in [0.15, 0.2) is 4.79 Å². The van der Waals surface area contributed by atoms with Crippen molar-refractivity contribution < 1.29 is 14.3 Å². The van der Waals surface area contributed by atoms with Crippen molar-refractivity contribution in [3.63, 3.8) is 0 Å². The van der Waals surface area contributed by atoms with Crippen molar-refractivity contribution in [3.05, 3.63) is 15.1 Å². The highest BCUT2D eigenvalue weighted by Gasteiger charge is 2.23. The average Bonchev–Trinajstić information content (AvgIpc) is 2.23. The number of ether oxygens (including phenoxy) is 2. The van der Waals surface area contributed by atoms with Crippen molar-refractivity contribution >= 4 is 18.2 Å². The van der Waals surface area contributed by atoms with Gasteiger partial charge in [-0.1, -0.05) is 0 Å². The Morgan fingerprint density at radius 1 is 1.50 bits per heavy atom. The number of nitrogens with zero attached hydrogens (tertiary/aromatic N) is 2. The fourth-order valence-electron chi connectivity index (χ4n) is 0.908. The maximum absolute atomic E-state index is 11.4. The number of hydrogen-bond donors (Lipinski definition) is 1. The highest BCUT2D eigenvalue weighted by Crippen LogP contribution is 2.14. The van der Waals surface area contributed by atoms with E-state index in [1.807, 2.05) is 0 Å². The lowest BCUT2D eigenvalue weighted by atomic mass is 9.98. The molecule has 1 N–H and O–H groups in total. The normalized spacial score (nSPS) is 11.1. The molecule has 0 unspecified atom stereocenters. The van der Waals surface area contributed by atoms with Gasteiger partial charge in [0.25, 0.3) is 0 Å². The second kappa shape index (κ2) is 5.30. The molecule has 18 heavy (non-hydrogen) atoms. The molecule has 0 aliphatic rings. The maximum atomic E-state index is 11.4. The van der Waals surface area contributed by atoms with Gasteiger partial charge in [-0.3, -0.25) is 14.6 Å². The topological polar surface area (TPSA) is 86.2 Å². The zero-order valence-electron chi connectivity index (χ0n) is 10.6. The molecule has 1 aromatic rings. The van der Waals surface area contributed by atoms with E-state index >= 15 is 0 Å². The first-order valence-electron chi connectivity index (χ1n) is 5.19. The zero-order valence-corrected chi connectivity index (χ0v) is 11.5. The molecule has 0 fully saturated rings. The molecule has 0 saturated carbocycles. The van der Waals surface area contributed by atoms with Crippen LogP contribution in [-0.4, -0.2) is 27.5 Å². The number of aromatic amines is 1. The Bertz CT molecular complexity index is 555. The van der Waals surface area contributed by atoms with Crippen molar-refractivity contribution in [2.45, 2.75) is 20.8 Å². The summed E-state index contributed by atoms with van der Waals surface area (Å²) in [5.74, 6) is -0.629. The molecule has 0 bridgehead atoms. The number of esters is 1. The van der Waals surface area contributed by atoms with E-state index in [9.17, 15) is 9.59 Å². The van der Waals surface area contributed by atoms with E-state index in [0.29, 0.717) is 0 Å². The third-order valence-electron chi connectivity index (χ3n) is 1.95. The number of nitrogens with one attached hydrogen (secondary N) is 1. The molecule has 0 amide bonds. The van der Waals surface area contributed by atoms with Gasteiger partial charge in [-0.25, -0.2) is 4.68 Å². The summed E-state index contributed by atoms with van der Waals surface area (Å²) >= 11 is 4.81. The standard InChI is InChI=1S/C10H15N3O4S/c1-10(2,3)8(15)17-5-16-7-6(14)11-9(18)13(4)12-7/h5H2,1-4H3,(H,11,14,18). The van der Waals surface area contributed by atoms with Crippen LogP contribution in [0.25, 0.3) is 0 Å². The monoisotopic (exact) mass is 273 g/mol. The van der Waals surface area contributed by atoms with Gasteiger partial charge in [0.05, 0.1) is 5.41 Å². The van der Waals surface area contributed by atoms with Gasteiger partial charge in [0.15, 0.2) is 4.77 Å². The molecular weight excluding hydrogens is 258 g/mol. The third kappa shape index (κ3) is 3.66. The summed E-state index contributed by atoms with van der Waals surface area (Å²) in [5, 5.41) is 3.79. The summed E-state index contributed by atoms with van der Waals surface area (Å²) in [6, 6.07) is 0. The van der Waals surface area contributed by atoms with E-state index in [1.54, 1.807) is 27.8 Å². The van der Waals surface area contributed by atoms with Gasteiger partial charge < -0.3 is 9.47 Å². The number of carbonyl (C=O) groups is 1. The van der Waals surface area contributed by atoms with E-state index in [4.69, 9.17) is 21.7 Å². The maximum Gasteiger partial charge on any atom is 0.314 e. The van der Waals surface area contributed by atoms with Crippen molar-refractivity contribution in [3.8, 4) is 5.88 Å². The van der Waals surface area contributed by atoms with Crippen LogP contribution >= 0.6 is 12.2 Å². The lowest BCUT2D eigenvalue weighted by molar-refractivity contribution is -0.159. The molecule has 0 aliphatic heterocycles. The first-order valence-corrected chi connectivity index (χ1v) is 5.60. The first kappa shape index (κ1) is 14.4. The molecule has 1 heterocycles. The van der Waals surface area contributed by atoms with Crippen LogP contribution in [0.4, 0.5) is 0 Å². The SMILES string of the molecule is Cn1nc(OCOC(=O)C(C)(C)C)c(=O)[nH]c1=S. The summed E-state index contributed by atoms with van der Waals surface area (Å²) in [6.07, 6.45) is 0. The molecule has 0 aromatic carbocycles. The van der Waals surface area contributed by atoms with E-state index in [-0.39, 0.29) is 17.4 Å². The molecule has 1 aromatic heterocycles. The quantitative estimate of drug-likeness (QED) is 0.497. The van der Waals surface area contributed by atoms with Gasteiger partial charge in [-0.15, -0.1) is 5.10 Å². The van der Waals surface area contributed by atoms with Gasteiger partial charge in [0.2, 0.25) is 6.79 Å². The Labute approximate surface area is 109 Å². The second-order valence-corrected chi connectivity index (χ2v) is 5.02. The fourth-order valence-corrected chi connectivity index (χ4v) is 1.04. The van der Waals surface area contributed by atoms with Crippen molar-refractivity contribution in [1.82, 2.24) is 14.8 Å². The fraction of sp³-hybridized carbons (Fsp3) is 0.600. The molecule has 0 saturated heterocycles. The van der Waals surface area contributed by atoms with Crippen LogP contribution in [-0.2, 0) is 16.6 Å². The third-order valence-corrected chi connectivity index (χ3v) is 2.31. The number of aryl methyl sites for hydroxylation is 1. The second-order valence-electron chi connectivity index (χ2n) is 4.63. The van der Waals surface area contributed by atoms with E-state index < -0.39 is 16.9 Å². The molecule has 1 rings (SSSR count). The van der Waals surface area contributed by atoms with Gasteiger partial charge in [-0.2, -0.15) is 0 Å². The predicted molar refractivity (Wildman–Crippen MR) is 65.7 cm³/mol. The van der Waals surface area contributed by atoms with Crippen LogP contribution in [0, 0.1) is 10.2 Å². The minimum Gasteiger partial charge on any atom is -0.435 e. The van der Waals surface area contributed by atoms with Crippen LogP contribution < -0.4 is 10.3 Å². The molecule has 0 radical (unpaired) electrons. The smallest absolute Gasteiger partial charge is 0.314 e. The van der Waals surface area contributed by atoms with Crippen LogP contribution in [0.3, 0.4) is 0 Å². The molecule has 100 valence electrons. The molecule has 8 heteroatoms. The van der Waals surface area contributed by atoms with E-state index in [1.165, 1.54) is 4.68 Å². The van der Waals surface area contributed by atoms with E-state index in [2.05, 4.69) is 10.1 Å². The number of rotatable bonds is 3. The number of H-pyrrole nitrogens is 1. The molecule has 7 nitrogen and oxygen atoms in total. The summed E-state index contributed by atoms with van der Waals surface area (Å²) < 4.78 is 11.3. The van der Waals surface area contributed by atoms with Gasteiger partial charge in [0, 0.05) is 7.05 Å². The Morgan fingerprint density at radius 3 is 2.67 bits per heavy atom. The average molecular weight is 273 g/mol. The minimum absolute atomic E-state index is 0.180. The Hall–Kier alpha value is -1.70. The lowest BCUT2D eigenvalue weighted by Gasteiger charge is -2.16. The predicted octanol–water partition coefficient (Wildman–Crippen LogP) is 0.763. The van der Waals surface area contributed by atoms with Gasteiger partial charge in [-0.05, 0) is 33.0 Å². The Kier molecular flexibility index (Phi) is 4.23. The van der Waals surface area contributed by atoms with Crippen molar-refractivity contribution in [1.29, 1.82) is 0 Å². The van der Waals surface area contributed by atoms with Crippen molar-refractivity contribution in [2.24, 2.45) is 12.5 Å². The highest BCUT2D eigenvalue weighted by molar-refractivity contribution is 7.71. The van der Waals surface area contributed by atoms with Gasteiger partial charge in [0.1, 0.15) is 0 Å². The number of aromatic nitrogens is 3. The Morgan fingerprint density at radius 2 is 2.11 bits per heavy atom. The molecule has 0 spiro atoms. The number of hydrogen-bond acceptors (Lipinski definition) is 6. The first-order chi connectivity index (χ1) is 8.21. The Balaban J connectivity index is 2.66.